The Morgan fingerprint density at radius 3 is 2.10 bits per heavy atom. The van der Waals surface area contributed by atoms with Crippen molar-refractivity contribution in [3.8, 4) is 0 Å². The van der Waals surface area contributed by atoms with Gasteiger partial charge in [0.15, 0.2) is 0 Å². The molecule has 1 heterocycles. The quantitative estimate of drug-likeness (QED) is 0.494. The second-order valence-corrected chi connectivity index (χ2v) is 1.25. The average Bonchev–Trinajstić information content (AvgIpc) is 1.94. The van der Waals surface area contributed by atoms with Gasteiger partial charge in [0, 0.05) is 0 Å². The molecule has 0 saturated heterocycles. The molecule has 0 bridgehead atoms. The van der Waals surface area contributed by atoms with Gasteiger partial charge in [-0.3, -0.25) is 4.98 Å². The largest absolute Gasteiger partial charge is 1.00 e. The Hall–Kier alpha value is -0.297. The number of aryl methyl sites for hydroxylation is 1. The standard InChI is InChI=1S/C5H5N2.C2H6.Ru/c1-5-4-6-2-3-7-5;1-2;/h2-3H,1H3;1-2H3;/q-1;;+1. The van der Waals surface area contributed by atoms with Gasteiger partial charge in [-0.05, 0) is 18.8 Å². The summed E-state index contributed by atoms with van der Waals surface area (Å²) in [6, 6.07) is 0. The van der Waals surface area contributed by atoms with Crippen LogP contribution in [-0.2, 0) is 19.5 Å². The van der Waals surface area contributed by atoms with Crippen LogP contribution in [0.25, 0.3) is 0 Å². The summed E-state index contributed by atoms with van der Waals surface area (Å²) < 4.78 is 0. The minimum absolute atomic E-state index is 0. The van der Waals surface area contributed by atoms with E-state index in [1.165, 1.54) is 0 Å². The third-order valence-corrected chi connectivity index (χ3v) is 0.636. The summed E-state index contributed by atoms with van der Waals surface area (Å²) in [5.41, 5.74) is 0.836. The van der Waals surface area contributed by atoms with Gasteiger partial charge in [0.1, 0.15) is 0 Å². The third kappa shape index (κ3) is 5.83. The van der Waals surface area contributed by atoms with Crippen molar-refractivity contribution in [2.75, 3.05) is 0 Å². The van der Waals surface area contributed by atoms with Crippen LogP contribution < -0.4 is 0 Å². The van der Waals surface area contributed by atoms with Crippen molar-refractivity contribution in [2.45, 2.75) is 20.8 Å². The number of hydrogen-bond donors (Lipinski definition) is 0. The van der Waals surface area contributed by atoms with Crippen LogP contribution in [-0.4, -0.2) is 9.97 Å². The minimum Gasteiger partial charge on any atom is -0.456 e. The van der Waals surface area contributed by atoms with Gasteiger partial charge in [-0.25, -0.2) is 0 Å². The molecule has 3 heteroatoms. The molecule has 1 aromatic heterocycles. The molecule has 0 unspecified atom stereocenters. The van der Waals surface area contributed by atoms with Crippen molar-refractivity contribution in [1.29, 1.82) is 0 Å². The smallest absolute Gasteiger partial charge is 0.456 e. The van der Waals surface area contributed by atoms with Gasteiger partial charge in [0.25, 0.3) is 0 Å². The molecule has 1 radical (unpaired) electrons. The van der Waals surface area contributed by atoms with Crippen molar-refractivity contribution in [3.63, 3.8) is 0 Å². The zero-order valence-corrected chi connectivity index (χ0v) is 8.14. The first-order chi connectivity index (χ1) is 4.39. The van der Waals surface area contributed by atoms with E-state index in [-0.39, 0.29) is 19.5 Å². The maximum atomic E-state index is 3.86. The first kappa shape index (κ1) is 12.4. The molecule has 0 saturated carbocycles. The van der Waals surface area contributed by atoms with Crippen LogP contribution >= 0.6 is 0 Å². The van der Waals surface area contributed by atoms with Gasteiger partial charge in [0.2, 0.25) is 0 Å². The summed E-state index contributed by atoms with van der Waals surface area (Å²) in [6.45, 7) is 5.85. The predicted octanol–water partition coefficient (Wildman–Crippen LogP) is 1.61. The van der Waals surface area contributed by atoms with E-state index in [0.29, 0.717) is 0 Å². The van der Waals surface area contributed by atoms with Crippen LogP contribution in [0.2, 0.25) is 0 Å². The van der Waals surface area contributed by atoms with Crippen LogP contribution in [0.3, 0.4) is 0 Å². The fraction of sp³-hybridized carbons (Fsp3) is 0.429. The molecule has 0 aliphatic heterocycles. The molecule has 0 amide bonds. The van der Waals surface area contributed by atoms with Gasteiger partial charge >= 0.3 is 19.5 Å². The molecule has 0 aliphatic rings. The van der Waals surface area contributed by atoms with E-state index in [2.05, 4.69) is 16.2 Å². The molecule has 2 nitrogen and oxygen atoms in total. The van der Waals surface area contributed by atoms with Crippen molar-refractivity contribution in [2.24, 2.45) is 0 Å². The Balaban J connectivity index is 0. The van der Waals surface area contributed by atoms with Gasteiger partial charge in [0.05, 0.1) is 0 Å². The van der Waals surface area contributed by atoms with Crippen molar-refractivity contribution >= 4 is 0 Å². The molecule has 0 aromatic carbocycles. The summed E-state index contributed by atoms with van der Waals surface area (Å²) in [6.07, 6.45) is 5.92. The molecular formula is C7H11N2Ru. The maximum absolute atomic E-state index is 3.86. The summed E-state index contributed by atoms with van der Waals surface area (Å²) in [5.74, 6) is 0. The number of rotatable bonds is 0. The Morgan fingerprint density at radius 1 is 1.30 bits per heavy atom. The Bertz CT molecular complexity index is 142. The van der Waals surface area contributed by atoms with E-state index in [9.17, 15) is 0 Å². The molecule has 0 fully saturated rings. The Labute approximate surface area is 74.9 Å². The van der Waals surface area contributed by atoms with Crippen molar-refractivity contribution in [1.82, 2.24) is 9.97 Å². The maximum Gasteiger partial charge on any atom is 1.00 e. The van der Waals surface area contributed by atoms with E-state index < -0.39 is 0 Å². The van der Waals surface area contributed by atoms with E-state index in [1.54, 1.807) is 12.4 Å². The summed E-state index contributed by atoms with van der Waals surface area (Å²) >= 11 is 0. The molecule has 10 heavy (non-hydrogen) atoms. The molecule has 57 valence electrons. The van der Waals surface area contributed by atoms with E-state index in [1.807, 2.05) is 20.8 Å². The van der Waals surface area contributed by atoms with Crippen molar-refractivity contribution < 1.29 is 19.5 Å². The number of nitrogens with zero attached hydrogens (tertiary/aromatic N) is 2. The molecule has 1 rings (SSSR count). The second-order valence-electron chi connectivity index (χ2n) is 1.25. The van der Waals surface area contributed by atoms with E-state index in [0.717, 1.165) is 5.69 Å². The van der Waals surface area contributed by atoms with Gasteiger partial charge < -0.3 is 4.98 Å². The third-order valence-electron chi connectivity index (χ3n) is 0.636. The fourth-order valence-corrected chi connectivity index (χ4v) is 0.338. The van der Waals surface area contributed by atoms with Gasteiger partial charge in [-0.2, -0.15) is 0 Å². The first-order valence-electron chi connectivity index (χ1n) is 3.05. The average molecular weight is 224 g/mol. The first-order valence-corrected chi connectivity index (χ1v) is 3.05. The monoisotopic (exact) mass is 225 g/mol. The summed E-state index contributed by atoms with van der Waals surface area (Å²) in [5, 5.41) is 0. The molecule has 0 aliphatic carbocycles. The summed E-state index contributed by atoms with van der Waals surface area (Å²) in [4.78, 5) is 7.56. The van der Waals surface area contributed by atoms with Crippen LogP contribution in [0.4, 0.5) is 0 Å². The van der Waals surface area contributed by atoms with E-state index >= 15 is 0 Å². The minimum atomic E-state index is 0. The second kappa shape index (κ2) is 8.70. The molecule has 0 spiro atoms. The molecule has 1 aromatic rings. The topological polar surface area (TPSA) is 25.8 Å². The normalized spacial score (nSPS) is 6.70. The molecule has 0 atom stereocenters. The zero-order chi connectivity index (χ0) is 7.11. The predicted molar refractivity (Wildman–Crippen MR) is 37.0 cm³/mol. The Morgan fingerprint density at radius 2 is 1.90 bits per heavy atom. The Kier molecular flexibility index (Phi) is 10.8. The zero-order valence-electron chi connectivity index (χ0n) is 6.40. The number of hydrogen-bond acceptors (Lipinski definition) is 2. The SMILES string of the molecule is CC.Cc1[c-]nccn1.[Ru+]. The van der Waals surface area contributed by atoms with Crippen LogP contribution in [0, 0.1) is 13.1 Å². The fourth-order valence-electron chi connectivity index (χ4n) is 0.338. The van der Waals surface area contributed by atoms with Gasteiger partial charge in [-0.15, -0.1) is 12.4 Å². The van der Waals surface area contributed by atoms with E-state index in [4.69, 9.17) is 0 Å². The number of aromatic nitrogens is 2. The molecular weight excluding hydrogens is 213 g/mol. The van der Waals surface area contributed by atoms with Crippen molar-refractivity contribution in [3.05, 3.63) is 24.3 Å². The van der Waals surface area contributed by atoms with Crippen LogP contribution in [0.15, 0.2) is 12.4 Å². The van der Waals surface area contributed by atoms with Crippen LogP contribution in [0.5, 0.6) is 0 Å². The molecule has 0 N–H and O–H groups in total. The summed E-state index contributed by atoms with van der Waals surface area (Å²) in [7, 11) is 0. The van der Waals surface area contributed by atoms with Gasteiger partial charge in [-0.1, -0.05) is 13.8 Å². The van der Waals surface area contributed by atoms with Crippen LogP contribution in [0.1, 0.15) is 19.5 Å².